The standard InChI is InChI=1S/C9H9N4O3S/c10-9-11-7(5-17-9)6(4-14)12-16-13-3-1-2-8(13)15/h5H,1-3H2,(H2,10,11). The van der Waals surface area contributed by atoms with E-state index in [0.29, 0.717) is 18.1 Å². The van der Waals surface area contributed by atoms with Crippen LogP contribution >= 0.6 is 11.3 Å². The molecule has 1 aliphatic heterocycles. The predicted octanol–water partition coefficient (Wildman–Crippen LogP) is 0.0931. The Morgan fingerprint density at radius 2 is 2.53 bits per heavy atom. The van der Waals surface area contributed by atoms with Gasteiger partial charge in [-0.15, -0.1) is 16.4 Å². The Labute approximate surface area is 101 Å². The Morgan fingerprint density at radius 3 is 3.06 bits per heavy atom. The molecular weight excluding hydrogens is 244 g/mol. The summed E-state index contributed by atoms with van der Waals surface area (Å²) in [6, 6.07) is 0. The van der Waals surface area contributed by atoms with Gasteiger partial charge in [0, 0.05) is 11.8 Å². The summed E-state index contributed by atoms with van der Waals surface area (Å²) in [6.07, 6.45) is 2.75. The Bertz CT molecular complexity index is 471. The van der Waals surface area contributed by atoms with Crippen LogP contribution in [0.15, 0.2) is 10.5 Å². The molecule has 0 bridgehead atoms. The molecule has 8 heteroatoms. The predicted molar refractivity (Wildman–Crippen MR) is 60.8 cm³/mol. The smallest absolute Gasteiger partial charge is 0.259 e. The number of anilines is 1. The van der Waals surface area contributed by atoms with Gasteiger partial charge in [-0.25, -0.2) is 4.98 Å². The Kier molecular flexibility index (Phi) is 3.33. The zero-order chi connectivity index (χ0) is 12.3. The summed E-state index contributed by atoms with van der Waals surface area (Å²) < 4.78 is 0. The first kappa shape index (κ1) is 11.5. The third-order valence-electron chi connectivity index (χ3n) is 2.12. The van der Waals surface area contributed by atoms with Crippen LogP contribution in [-0.2, 0) is 14.5 Å². The average molecular weight is 253 g/mol. The molecule has 1 saturated heterocycles. The van der Waals surface area contributed by atoms with Gasteiger partial charge in [0.25, 0.3) is 12.2 Å². The van der Waals surface area contributed by atoms with E-state index in [2.05, 4.69) is 10.1 Å². The van der Waals surface area contributed by atoms with Crippen LogP contribution in [-0.4, -0.2) is 34.5 Å². The largest absolute Gasteiger partial charge is 0.375 e. The molecule has 1 aromatic rings. The maximum absolute atomic E-state index is 11.2. The number of carbonyl (C=O) groups is 1. The lowest BCUT2D eigenvalue weighted by atomic mass is 10.3. The van der Waals surface area contributed by atoms with Gasteiger partial charge in [-0.3, -0.25) is 14.5 Å². The van der Waals surface area contributed by atoms with E-state index < -0.39 is 0 Å². The number of aromatic nitrogens is 1. The first-order chi connectivity index (χ1) is 8.20. The van der Waals surface area contributed by atoms with Crippen LogP contribution in [0, 0.1) is 0 Å². The van der Waals surface area contributed by atoms with Crippen molar-refractivity contribution in [1.29, 1.82) is 0 Å². The maximum Gasteiger partial charge on any atom is 0.259 e. The van der Waals surface area contributed by atoms with Gasteiger partial charge in [-0.1, -0.05) is 0 Å². The van der Waals surface area contributed by atoms with E-state index >= 15 is 0 Å². The highest BCUT2D eigenvalue weighted by Crippen LogP contribution is 2.13. The van der Waals surface area contributed by atoms with Crippen molar-refractivity contribution in [3.8, 4) is 0 Å². The highest BCUT2D eigenvalue weighted by Gasteiger charge is 2.22. The van der Waals surface area contributed by atoms with Crippen LogP contribution in [0.2, 0.25) is 0 Å². The van der Waals surface area contributed by atoms with E-state index in [4.69, 9.17) is 10.7 Å². The lowest BCUT2D eigenvalue weighted by molar-refractivity contribution is -0.177. The van der Waals surface area contributed by atoms with Gasteiger partial charge >= 0.3 is 0 Å². The van der Waals surface area contributed by atoms with Crippen LogP contribution in [0.25, 0.3) is 0 Å². The van der Waals surface area contributed by atoms with Crippen molar-refractivity contribution in [2.75, 3.05) is 12.3 Å². The van der Waals surface area contributed by atoms with Crippen molar-refractivity contribution < 1.29 is 14.5 Å². The minimum Gasteiger partial charge on any atom is -0.375 e. The minimum absolute atomic E-state index is 0.113. The van der Waals surface area contributed by atoms with Crippen LogP contribution in [0.3, 0.4) is 0 Å². The molecule has 1 aromatic heterocycles. The van der Waals surface area contributed by atoms with Crippen molar-refractivity contribution in [1.82, 2.24) is 10.0 Å². The number of oxime groups is 1. The molecular formula is C9H9N4O3S. The van der Waals surface area contributed by atoms with E-state index in [-0.39, 0.29) is 17.3 Å². The van der Waals surface area contributed by atoms with Crippen LogP contribution in [0.5, 0.6) is 0 Å². The van der Waals surface area contributed by atoms with Gasteiger partial charge in [-0.05, 0) is 11.6 Å². The second-order valence-electron chi connectivity index (χ2n) is 3.29. The molecule has 1 fully saturated rings. The summed E-state index contributed by atoms with van der Waals surface area (Å²) in [4.78, 5) is 30.6. The Morgan fingerprint density at radius 1 is 1.71 bits per heavy atom. The number of hydrogen-bond donors (Lipinski definition) is 1. The normalized spacial score (nSPS) is 16.4. The fraction of sp³-hybridized carbons (Fsp3) is 0.333. The summed E-state index contributed by atoms with van der Waals surface area (Å²) in [5.41, 5.74) is 5.60. The second-order valence-corrected chi connectivity index (χ2v) is 4.18. The molecule has 17 heavy (non-hydrogen) atoms. The lowest BCUT2D eigenvalue weighted by Crippen LogP contribution is -2.23. The molecule has 1 radical (unpaired) electrons. The SMILES string of the molecule is Nc1nc(C([C]=O)=NON2CCCC2=O)cs1. The number of hydroxylamine groups is 2. The van der Waals surface area contributed by atoms with Gasteiger partial charge < -0.3 is 5.73 Å². The third-order valence-corrected chi connectivity index (χ3v) is 2.80. The van der Waals surface area contributed by atoms with Gasteiger partial charge in [0.1, 0.15) is 5.69 Å². The monoisotopic (exact) mass is 253 g/mol. The fourth-order valence-electron chi connectivity index (χ4n) is 1.31. The summed E-state index contributed by atoms with van der Waals surface area (Å²) >= 11 is 1.18. The summed E-state index contributed by atoms with van der Waals surface area (Å²) in [5.74, 6) is -0.156. The summed E-state index contributed by atoms with van der Waals surface area (Å²) in [5, 5.41) is 6.53. The zero-order valence-electron chi connectivity index (χ0n) is 8.75. The Hall–Kier alpha value is -1.96. The van der Waals surface area contributed by atoms with Gasteiger partial charge in [0.2, 0.25) is 0 Å². The number of rotatable bonds is 4. The average Bonchev–Trinajstić information content (AvgIpc) is 2.90. The molecule has 0 saturated carbocycles. The highest BCUT2D eigenvalue weighted by molar-refractivity contribution is 7.13. The fourth-order valence-corrected chi connectivity index (χ4v) is 1.86. The number of carbonyl (C=O) groups excluding carboxylic acids is 2. The van der Waals surface area contributed by atoms with E-state index in [1.54, 1.807) is 11.7 Å². The topological polar surface area (TPSA) is 97.9 Å². The number of thiazole rings is 1. The number of amides is 1. The molecule has 2 rings (SSSR count). The molecule has 0 unspecified atom stereocenters. The zero-order valence-corrected chi connectivity index (χ0v) is 9.57. The van der Waals surface area contributed by atoms with Crippen molar-refractivity contribution in [2.24, 2.45) is 5.16 Å². The highest BCUT2D eigenvalue weighted by atomic mass is 32.1. The first-order valence-electron chi connectivity index (χ1n) is 4.85. The molecule has 0 aromatic carbocycles. The first-order valence-corrected chi connectivity index (χ1v) is 5.73. The van der Waals surface area contributed by atoms with Gasteiger partial charge in [0.05, 0.1) is 6.54 Å². The molecule has 2 heterocycles. The lowest BCUT2D eigenvalue weighted by Gasteiger charge is -2.09. The third kappa shape index (κ3) is 2.59. The molecule has 2 N–H and O–H groups in total. The van der Waals surface area contributed by atoms with E-state index in [9.17, 15) is 9.59 Å². The van der Waals surface area contributed by atoms with Crippen molar-refractivity contribution in [3.05, 3.63) is 11.1 Å². The van der Waals surface area contributed by atoms with Crippen molar-refractivity contribution in [3.63, 3.8) is 0 Å². The molecule has 89 valence electrons. The van der Waals surface area contributed by atoms with Crippen molar-refractivity contribution in [2.45, 2.75) is 12.8 Å². The van der Waals surface area contributed by atoms with E-state index in [0.717, 1.165) is 11.5 Å². The number of nitrogen functional groups attached to an aromatic ring is 1. The molecule has 1 aliphatic rings. The van der Waals surface area contributed by atoms with Crippen LogP contribution in [0.4, 0.5) is 5.13 Å². The Balaban J connectivity index is 2.08. The molecule has 0 spiro atoms. The number of nitrogens with two attached hydrogens (primary N) is 1. The second kappa shape index (κ2) is 4.91. The summed E-state index contributed by atoms with van der Waals surface area (Å²) in [7, 11) is 0. The quantitative estimate of drug-likeness (QED) is 0.606. The van der Waals surface area contributed by atoms with E-state index in [1.165, 1.54) is 11.3 Å². The van der Waals surface area contributed by atoms with Crippen LogP contribution in [0.1, 0.15) is 18.5 Å². The summed E-state index contributed by atoms with van der Waals surface area (Å²) in [6.45, 7) is 0.466. The number of nitrogens with zero attached hydrogens (tertiary/aromatic N) is 3. The molecule has 0 aliphatic carbocycles. The molecule has 7 nitrogen and oxygen atoms in total. The van der Waals surface area contributed by atoms with Gasteiger partial charge in [-0.2, -0.15) is 0 Å². The van der Waals surface area contributed by atoms with Crippen molar-refractivity contribution >= 4 is 34.4 Å². The van der Waals surface area contributed by atoms with Gasteiger partial charge in [0.15, 0.2) is 10.8 Å². The molecule has 0 atom stereocenters. The maximum atomic E-state index is 11.2. The van der Waals surface area contributed by atoms with E-state index in [1.807, 2.05) is 0 Å². The number of hydrogen-bond acceptors (Lipinski definition) is 7. The minimum atomic E-state index is -0.156. The molecule has 1 amide bonds. The van der Waals surface area contributed by atoms with Crippen LogP contribution < -0.4 is 5.73 Å².